The van der Waals surface area contributed by atoms with Gasteiger partial charge in [0.15, 0.2) is 0 Å². The van der Waals surface area contributed by atoms with Crippen molar-refractivity contribution < 1.29 is 4.42 Å². The minimum Gasteiger partial charge on any atom is -0.422 e. The first-order valence-corrected chi connectivity index (χ1v) is 4.35. The number of terminal acetylenes is 1. The highest BCUT2D eigenvalue weighted by Crippen LogP contribution is 2.23. The molecular formula is C11H5N3O2. The molecule has 0 aliphatic carbocycles. The Balaban J connectivity index is 3.03. The summed E-state index contributed by atoms with van der Waals surface area (Å²) in [6.07, 6.45) is 5.30. The molecule has 0 radical (unpaired) electrons. The van der Waals surface area contributed by atoms with E-state index in [-0.39, 0.29) is 11.3 Å². The number of nitrogens with zero attached hydrogens (tertiary/aromatic N) is 3. The van der Waals surface area contributed by atoms with Gasteiger partial charge in [0.1, 0.15) is 11.3 Å². The van der Waals surface area contributed by atoms with Gasteiger partial charge in [0.05, 0.1) is 5.56 Å². The molecule has 1 heterocycles. The van der Waals surface area contributed by atoms with E-state index in [0.29, 0.717) is 11.0 Å². The van der Waals surface area contributed by atoms with Crippen LogP contribution in [0.25, 0.3) is 21.4 Å². The molecule has 76 valence electrons. The summed E-state index contributed by atoms with van der Waals surface area (Å²) in [4.78, 5) is 14.0. The molecule has 16 heavy (non-hydrogen) atoms. The van der Waals surface area contributed by atoms with Gasteiger partial charge in [0.2, 0.25) is 0 Å². The van der Waals surface area contributed by atoms with Crippen LogP contribution >= 0.6 is 0 Å². The van der Waals surface area contributed by atoms with E-state index < -0.39 is 5.63 Å². The highest BCUT2D eigenvalue weighted by atomic mass is 16.4. The lowest BCUT2D eigenvalue weighted by molar-refractivity contribution is 0.562. The Morgan fingerprint density at radius 2 is 2.19 bits per heavy atom. The maximum absolute atomic E-state index is 11.5. The number of azide groups is 1. The average Bonchev–Trinajstić information content (AvgIpc) is 2.30. The number of hydrogen-bond donors (Lipinski definition) is 0. The lowest BCUT2D eigenvalue weighted by atomic mass is 10.1. The summed E-state index contributed by atoms with van der Waals surface area (Å²) >= 11 is 0. The fourth-order valence-corrected chi connectivity index (χ4v) is 1.42. The quantitative estimate of drug-likeness (QED) is 0.239. The summed E-state index contributed by atoms with van der Waals surface area (Å²) in [5.74, 6) is 2.34. The Morgan fingerprint density at radius 3 is 2.88 bits per heavy atom. The third-order valence-corrected chi connectivity index (χ3v) is 2.08. The predicted octanol–water partition coefficient (Wildman–Crippen LogP) is 2.72. The van der Waals surface area contributed by atoms with E-state index in [0.717, 1.165) is 0 Å². The molecule has 0 unspecified atom stereocenters. The van der Waals surface area contributed by atoms with Gasteiger partial charge >= 0.3 is 5.63 Å². The van der Waals surface area contributed by atoms with E-state index in [1.165, 1.54) is 0 Å². The second-order valence-electron chi connectivity index (χ2n) is 2.94. The van der Waals surface area contributed by atoms with Gasteiger partial charge in [-0.15, -0.1) is 6.42 Å². The smallest absolute Gasteiger partial charge is 0.347 e. The van der Waals surface area contributed by atoms with E-state index in [4.69, 9.17) is 16.4 Å². The van der Waals surface area contributed by atoms with Gasteiger partial charge in [-0.05, 0) is 17.7 Å². The first-order valence-electron chi connectivity index (χ1n) is 4.35. The van der Waals surface area contributed by atoms with Crippen LogP contribution in [0.1, 0.15) is 5.56 Å². The lowest BCUT2D eigenvalue weighted by Crippen LogP contribution is -2.00. The monoisotopic (exact) mass is 211 g/mol. The van der Waals surface area contributed by atoms with Crippen LogP contribution in [0, 0.1) is 12.3 Å². The van der Waals surface area contributed by atoms with Crippen molar-refractivity contribution in [2.24, 2.45) is 5.11 Å². The van der Waals surface area contributed by atoms with Crippen LogP contribution in [0.2, 0.25) is 0 Å². The second kappa shape index (κ2) is 3.81. The summed E-state index contributed by atoms with van der Waals surface area (Å²) in [7, 11) is 0. The van der Waals surface area contributed by atoms with Crippen molar-refractivity contribution in [3.05, 3.63) is 50.7 Å². The number of para-hydroxylation sites is 1. The van der Waals surface area contributed by atoms with Crippen LogP contribution in [0.3, 0.4) is 0 Å². The van der Waals surface area contributed by atoms with E-state index in [1.807, 2.05) is 0 Å². The van der Waals surface area contributed by atoms with E-state index in [2.05, 4.69) is 15.9 Å². The number of benzene rings is 1. The largest absolute Gasteiger partial charge is 0.422 e. The second-order valence-corrected chi connectivity index (χ2v) is 2.94. The van der Waals surface area contributed by atoms with E-state index >= 15 is 0 Å². The molecule has 0 aliphatic rings. The molecule has 0 N–H and O–H groups in total. The molecule has 2 aromatic rings. The molecule has 0 amide bonds. The predicted molar refractivity (Wildman–Crippen MR) is 59.2 cm³/mol. The van der Waals surface area contributed by atoms with Crippen molar-refractivity contribution in [2.45, 2.75) is 0 Å². The lowest BCUT2D eigenvalue weighted by Gasteiger charge is -2.01. The molecule has 0 bridgehead atoms. The first kappa shape index (κ1) is 9.84. The average molecular weight is 211 g/mol. The Morgan fingerprint density at radius 1 is 1.44 bits per heavy atom. The van der Waals surface area contributed by atoms with Gasteiger partial charge in [-0.25, -0.2) is 4.79 Å². The molecule has 5 heteroatoms. The Kier molecular flexibility index (Phi) is 2.34. The molecule has 2 rings (SSSR count). The van der Waals surface area contributed by atoms with Gasteiger partial charge in [-0.3, -0.25) is 0 Å². The van der Waals surface area contributed by atoms with Crippen molar-refractivity contribution in [1.82, 2.24) is 0 Å². The minimum absolute atomic E-state index is 0.177. The van der Waals surface area contributed by atoms with E-state index in [9.17, 15) is 4.79 Å². The van der Waals surface area contributed by atoms with Gasteiger partial charge in [0.25, 0.3) is 0 Å². The van der Waals surface area contributed by atoms with Gasteiger partial charge < -0.3 is 4.42 Å². The highest BCUT2D eigenvalue weighted by Gasteiger charge is 2.10. The summed E-state index contributed by atoms with van der Waals surface area (Å²) < 4.78 is 4.97. The fraction of sp³-hybridized carbons (Fsp3) is 0. The van der Waals surface area contributed by atoms with E-state index in [1.54, 1.807) is 24.3 Å². The van der Waals surface area contributed by atoms with Crippen LogP contribution < -0.4 is 5.63 Å². The van der Waals surface area contributed by atoms with Gasteiger partial charge in [0, 0.05) is 10.3 Å². The fourth-order valence-electron chi connectivity index (χ4n) is 1.42. The molecule has 0 saturated carbocycles. The van der Waals surface area contributed by atoms with Crippen molar-refractivity contribution in [3.63, 3.8) is 0 Å². The SMILES string of the molecule is C#Cc1c(N=[N+]=[N-])c(=O)oc2ccccc12. The maximum Gasteiger partial charge on any atom is 0.347 e. The van der Waals surface area contributed by atoms with Crippen molar-refractivity contribution in [1.29, 1.82) is 0 Å². The molecular weight excluding hydrogens is 206 g/mol. The van der Waals surface area contributed by atoms with Crippen molar-refractivity contribution in [2.75, 3.05) is 0 Å². The summed E-state index contributed by atoms with van der Waals surface area (Å²) in [5.41, 5.74) is 8.06. The maximum atomic E-state index is 11.5. The summed E-state index contributed by atoms with van der Waals surface area (Å²) in [5, 5.41) is 3.83. The first-order chi connectivity index (χ1) is 7.77. The van der Waals surface area contributed by atoms with Crippen LogP contribution in [-0.2, 0) is 0 Å². The summed E-state index contributed by atoms with van der Waals surface area (Å²) in [6.45, 7) is 0. The molecule has 0 spiro atoms. The molecule has 1 aromatic carbocycles. The molecule has 0 saturated heterocycles. The zero-order chi connectivity index (χ0) is 11.5. The van der Waals surface area contributed by atoms with Crippen LogP contribution in [0.15, 0.2) is 38.6 Å². The third kappa shape index (κ3) is 1.40. The summed E-state index contributed by atoms with van der Waals surface area (Å²) in [6, 6.07) is 6.79. The number of hydrogen-bond acceptors (Lipinski definition) is 3. The topological polar surface area (TPSA) is 79.0 Å². The Labute approximate surface area is 89.9 Å². The normalized spacial score (nSPS) is 9.44. The molecule has 5 nitrogen and oxygen atoms in total. The third-order valence-electron chi connectivity index (χ3n) is 2.08. The van der Waals surface area contributed by atoms with Gasteiger partial charge in [-0.1, -0.05) is 23.2 Å². The standard InChI is InChI=1S/C11H5N3O2/c1-2-7-8-5-3-4-6-9(8)16-11(15)10(7)13-14-12/h1,3-6H. The highest BCUT2D eigenvalue weighted by molar-refractivity contribution is 5.87. The zero-order valence-electron chi connectivity index (χ0n) is 8.04. The number of rotatable bonds is 1. The zero-order valence-corrected chi connectivity index (χ0v) is 8.04. The Bertz CT molecular complexity index is 703. The van der Waals surface area contributed by atoms with Crippen molar-refractivity contribution in [3.8, 4) is 12.3 Å². The van der Waals surface area contributed by atoms with Crippen LogP contribution in [0.5, 0.6) is 0 Å². The van der Waals surface area contributed by atoms with Crippen LogP contribution in [0.4, 0.5) is 5.69 Å². The molecule has 0 atom stereocenters. The van der Waals surface area contributed by atoms with Gasteiger partial charge in [-0.2, -0.15) is 0 Å². The van der Waals surface area contributed by atoms with Crippen molar-refractivity contribution >= 4 is 16.7 Å². The van der Waals surface area contributed by atoms with Crippen LogP contribution in [-0.4, -0.2) is 0 Å². The Hall–Kier alpha value is -2.70. The minimum atomic E-state index is -0.732. The molecule has 0 fully saturated rings. The molecule has 1 aromatic heterocycles. The number of fused-ring (bicyclic) bond motifs is 1. The molecule has 0 aliphatic heterocycles.